The summed E-state index contributed by atoms with van der Waals surface area (Å²) in [5.41, 5.74) is 3.18. The average Bonchev–Trinajstić information content (AvgIpc) is 2.73. The molecule has 2 aromatic carbocycles. The summed E-state index contributed by atoms with van der Waals surface area (Å²) in [6.45, 7) is 1.42. The Morgan fingerprint density at radius 1 is 1.25 bits per heavy atom. The summed E-state index contributed by atoms with van der Waals surface area (Å²) in [5.74, 6) is -0.145. The van der Waals surface area contributed by atoms with E-state index in [0.29, 0.717) is 11.4 Å². The molecule has 11 heteroatoms. The summed E-state index contributed by atoms with van der Waals surface area (Å²) in [6, 6.07) is 15.0. The minimum absolute atomic E-state index is 0.0419. The minimum atomic E-state index is -4.41. The van der Waals surface area contributed by atoms with E-state index >= 15 is 0 Å². The number of carbonyl (C=O) groups is 1. The maximum absolute atomic E-state index is 11.1. The van der Waals surface area contributed by atoms with Crippen LogP contribution >= 0.6 is 0 Å². The Kier molecular flexibility index (Phi) is 8.24. The molecule has 0 saturated heterocycles. The molecule has 32 heavy (non-hydrogen) atoms. The third-order valence-electron chi connectivity index (χ3n) is 4.29. The first-order chi connectivity index (χ1) is 15.0. The van der Waals surface area contributed by atoms with Crippen LogP contribution in [0.1, 0.15) is 12.5 Å². The van der Waals surface area contributed by atoms with Crippen LogP contribution in [-0.4, -0.2) is 44.4 Å². The number of amides is 1. The van der Waals surface area contributed by atoms with Crippen LogP contribution in [0.15, 0.2) is 59.8 Å². The largest absolute Gasteiger partial charge is 0.726 e. The van der Waals surface area contributed by atoms with E-state index in [1.165, 1.54) is 13.0 Å². The summed E-state index contributed by atoms with van der Waals surface area (Å²) >= 11 is 0. The third-order valence-corrected chi connectivity index (χ3v) is 4.70. The molecule has 2 N–H and O–H groups in total. The van der Waals surface area contributed by atoms with Crippen molar-refractivity contribution < 1.29 is 31.6 Å². The molecular formula is C21H24N4O6S. The fraction of sp³-hybridized carbons (Fsp3) is 0.190. The number of rotatable bonds is 5. The van der Waals surface area contributed by atoms with E-state index in [9.17, 15) is 22.9 Å². The molecule has 0 saturated carbocycles. The average molecular weight is 461 g/mol. The van der Waals surface area contributed by atoms with Crippen molar-refractivity contribution in [1.29, 1.82) is 0 Å². The molecule has 1 amide bonds. The van der Waals surface area contributed by atoms with Gasteiger partial charge in [0, 0.05) is 43.4 Å². The fourth-order valence-electron chi connectivity index (χ4n) is 2.79. The zero-order chi connectivity index (χ0) is 23.9. The molecule has 0 aliphatic rings. The number of aromatic hydroxyl groups is 1. The molecule has 0 spiro atoms. The monoisotopic (exact) mass is 460 g/mol. The Morgan fingerprint density at radius 3 is 2.50 bits per heavy atom. The number of phenols is 1. The normalized spacial score (nSPS) is 11.2. The number of hydrogen-bond acceptors (Lipinski definition) is 8. The number of anilines is 2. The van der Waals surface area contributed by atoms with Crippen molar-refractivity contribution in [1.82, 2.24) is 0 Å². The smallest absolute Gasteiger partial charge is 0.221 e. The number of fused-ring (bicyclic) bond motifs is 1. The van der Waals surface area contributed by atoms with Gasteiger partial charge < -0.3 is 15.0 Å². The van der Waals surface area contributed by atoms with Crippen LogP contribution in [0.5, 0.6) is 5.75 Å². The Bertz CT molecular complexity index is 1240. The van der Waals surface area contributed by atoms with Gasteiger partial charge in [-0.3, -0.25) is 14.0 Å². The SMILES string of the molecule is CC(=O)Nc1ccc(N(C)/N=C\c2cc[n+](C)c3ccccc23)c(O)c1.COS(=O)(=O)[O-]. The molecule has 3 aromatic rings. The predicted molar refractivity (Wildman–Crippen MR) is 120 cm³/mol. The van der Waals surface area contributed by atoms with Crippen molar-refractivity contribution in [3.63, 3.8) is 0 Å². The van der Waals surface area contributed by atoms with Gasteiger partial charge in [0.1, 0.15) is 18.5 Å². The summed E-state index contributed by atoms with van der Waals surface area (Å²) in [7, 11) is 0.159. The van der Waals surface area contributed by atoms with Gasteiger partial charge in [0.25, 0.3) is 0 Å². The van der Waals surface area contributed by atoms with Crippen molar-refractivity contribution >= 4 is 44.8 Å². The van der Waals surface area contributed by atoms with Crippen molar-refractivity contribution in [2.45, 2.75) is 6.92 Å². The molecule has 0 atom stereocenters. The Morgan fingerprint density at radius 2 is 1.91 bits per heavy atom. The van der Waals surface area contributed by atoms with Gasteiger partial charge in [-0.05, 0) is 18.2 Å². The molecule has 170 valence electrons. The molecule has 10 nitrogen and oxygen atoms in total. The van der Waals surface area contributed by atoms with Gasteiger partial charge in [-0.1, -0.05) is 12.1 Å². The van der Waals surface area contributed by atoms with Crippen LogP contribution in [0.25, 0.3) is 10.9 Å². The van der Waals surface area contributed by atoms with E-state index in [1.807, 2.05) is 31.4 Å². The molecule has 0 bridgehead atoms. The maximum Gasteiger partial charge on any atom is 0.221 e. The van der Waals surface area contributed by atoms with Gasteiger partial charge in [0.15, 0.2) is 6.20 Å². The number of pyridine rings is 1. The molecule has 0 aliphatic heterocycles. The van der Waals surface area contributed by atoms with Gasteiger partial charge >= 0.3 is 0 Å². The lowest BCUT2D eigenvalue weighted by molar-refractivity contribution is -0.644. The number of hydrogen-bond donors (Lipinski definition) is 2. The number of phenolic OH excluding ortho intramolecular Hbond substituents is 1. The second-order valence-corrected chi connectivity index (χ2v) is 7.78. The molecule has 3 rings (SSSR count). The third kappa shape index (κ3) is 7.01. The van der Waals surface area contributed by atoms with E-state index in [2.05, 4.69) is 31.3 Å². The highest BCUT2D eigenvalue weighted by atomic mass is 32.3. The Hall–Kier alpha value is -3.54. The number of aryl methyl sites for hydroxylation is 1. The van der Waals surface area contributed by atoms with E-state index in [0.717, 1.165) is 23.6 Å². The van der Waals surface area contributed by atoms with Gasteiger partial charge in [-0.25, -0.2) is 13.0 Å². The maximum atomic E-state index is 11.1. The lowest BCUT2D eigenvalue weighted by Crippen LogP contribution is -2.28. The topological polar surface area (TPSA) is 135 Å². The highest BCUT2D eigenvalue weighted by molar-refractivity contribution is 7.80. The molecule has 0 aliphatic carbocycles. The van der Waals surface area contributed by atoms with Crippen molar-refractivity contribution in [3.05, 3.63) is 60.3 Å². The Labute approximate surface area is 186 Å². The first-order valence-electron chi connectivity index (χ1n) is 9.29. The van der Waals surface area contributed by atoms with E-state index in [4.69, 9.17) is 0 Å². The van der Waals surface area contributed by atoms with Crippen molar-refractivity contribution in [2.24, 2.45) is 12.1 Å². The number of carbonyl (C=O) groups excluding carboxylic acids is 1. The summed E-state index contributed by atoms with van der Waals surface area (Å²) in [4.78, 5) is 11.1. The second-order valence-electron chi connectivity index (χ2n) is 6.63. The van der Waals surface area contributed by atoms with Gasteiger partial charge in [-0.2, -0.15) is 5.10 Å². The molecule has 0 fully saturated rings. The molecular weight excluding hydrogens is 436 g/mol. The van der Waals surface area contributed by atoms with Gasteiger partial charge in [0.2, 0.25) is 21.8 Å². The van der Waals surface area contributed by atoms with Crippen LogP contribution in [0.3, 0.4) is 0 Å². The van der Waals surface area contributed by atoms with Gasteiger partial charge in [-0.15, -0.1) is 0 Å². The first kappa shape index (κ1) is 24.7. The van der Waals surface area contributed by atoms with Crippen LogP contribution in [-0.2, 0) is 26.4 Å². The fourth-order valence-corrected chi connectivity index (χ4v) is 2.79. The molecule has 1 heterocycles. The first-order valence-corrected chi connectivity index (χ1v) is 10.6. The quantitative estimate of drug-likeness (QED) is 0.195. The predicted octanol–water partition coefficient (Wildman–Crippen LogP) is 1.89. The van der Waals surface area contributed by atoms with E-state index < -0.39 is 10.4 Å². The minimum Gasteiger partial charge on any atom is -0.726 e. The number of aromatic nitrogens is 1. The Balaban J connectivity index is 0.000000534. The summed E-state index contributed by atoms with van der Waals surface area (Å²) < 4.78 is 33.1. The molecule has 0 radical (unpaired) electrons. The number of hydrazone groups is 1. The summed E-state index contributed by atoms with van der Waals surface area (Å²) in [6.07, 6.45) is 3.76. The molecule has 1 aromatic heterocycles. The number of nitrogens with one attached hydrogen (secondary N) is 1. The number of nitrogens with zero attached hydrogens (tertiary/aromatic N) is 3. The van der Waals surface area contributed by atoms with Crippen molar-refractivity contribution in [3.8, 4) is 5.75 Å². The van der Waals surface area contributed by atoms with E-state index in [-0.39, 0.29) is 11.7 Å². The number of para-hydroxylation sites is 1. The standard InChI is InChI=1S/C20H20N4O2.CH4O4S/c1-14(25)22-16-8-9-19(20(26)12-16)24(3)21-13-15-10-11-23(2)18-7-5-4-6-17(15)18;1-5-6(2,3)4/h4-13H,1-3H3,(H-,21,22,25,26);1H3,(H,2,3,4). The zero-order valence-electron chi connectivity index (χ0n) is 18.0. The van der Waals surface area contributed by atoms with Crippen LogP contribution in [0, 0.1) is 0 Å². The molecule has 0 unspecified atom stereocenters. The lowest BCUT2D eigenvalue weighted by Gasteiger charge is -2.15. The lowest BCUT2D eigenvalue weighted by atomic mass is 10.1. The van der Waals surface area contributed by atoms with Crippen LogP contribution < -0.4 is 14.9 Å². The summed E-state index contributed by atoms with van der Waals surface area (Å²) in [5, 5.41) is 20.0. The van der Waals surface area contributed by atoms with Crippen LogP contribution in [0.4, 0.5) is 11.4 Å². The van der Waals surface area contributed by atoms with Crippen LogP contribution in [0.2, 0.25) is 0 Å². The highest BCUT2D eigenvalue weighted by Crippen LogP contribution is 2.29. The second kappa shape index (κ2) is 10.7. The highest BCUT2D eigenvalue weighted by Gasteiger charge is 2.10. The van der Waals surface area contributed by atoms with Gasteiger partial charge in [0.05, 0.1) is 18.7 Å². The van der Waals surface area contributed by atoms with E-state index in [1.54, 1.807) is 30.4 Å². The number of benzene rings is 2. The zero-order valence-corrected chi connectivity index (χ0v) is 18.8. The van der Waals surface area contributed by atoms with Crippen molar-refractivity contribution in [2.75, 3.05) is 24.5 Å².